The number of aromatic amines is 2. The number of nitrogens with one attached hydrogen (secondary N) is 2. The van der Waals surface area contributed by atoms with Gasteiger partial charge in [-0.05, 0) is 0 Å². The molecule has 148 valence electrons. The van der Waals surface area contributed by atoms with Crippen molar-refractivity contribution < 1.29 is 83.4 Å². The molecule has 0 spiro atoms. The molecule has 0 aliphatic carbocycles. The van der Waals surface area contributed by atoms with Gasteiger partial charge in [-0.2, -0.15) is 0 Å². The summed E-state index contributed by atoms with van der Waals surface area (Å²) in [5.41, 5.74) is 0.600. The number of hydrogen-bond acceptors (Lipinski definition) is 9. The van der Waals surface area contributed by atoms with E-state index in [1.807, 2.05) is 0 Å². The molecule has 15 heteroatoms. The molecular weight excluding hydrogens is 452 g/mol. The molecule has 0 saturated carbocycles. The molecule has 2 rings (SSSR count). The van der Waals surface area contributed by atoms with Crippen molar-refractivity contribution in [3.8, 4) is 0 Å². The number of aromatic carboxylic acids is 2. The Morgan fingerprint density at radius 3 is 1.11 bits per heavy atom. The summed E-state index contributed by atoms with van der Waals surface area (Å²) in [6.07, 6.45) is 6.29. The van der Waals surface area contributed by atoms with Crippen LogP contribution in [-0.2, 0) is 45.3 Å². The Labute approximate surface area is 155 Å². The molecule has 0 unspecified atom stereocenters. The van der Waals surface area contributed by atoms with Crippen LogP contribution >= 0.6 is 0 Å². The summed E-state index contributed by atoms with van der Waals surface area (Å²) in [4.78, 5) is 25.8. The van der Waals surface area contributed by atoms with E-state index in [2.05, 4.69) is 12.8 Å². The predicted molar refractivity (Wildman–Crippen MR) is 63.7 cm³/mol. The number of pyridine rings is 2. The molecule has 0 fully saturated rings. The fourth-order valence-electron chi connectivity index (χ4n) is 1.16. The molecule has 0 bridgehead atoms. The first-order chi connectivity index (χ1) is 12.3. The minimum absolute atomic E-state index is 0.300. The molecule has 0 saturated heterocycles. The monoisotopic (exact) mass is 464 g/mol. The van der Waals surface area contributed by atoms with Gasteiger partial charge in [0.05, 0.1) is 11.1 Å². The summed E-state index contributed by atoms with van der Waals surface area (Å²) in [5, 5.41) is 16.7. The van der Waals surface area contributed by atoms with Crippen LogP contribution in [-0.4, -0.2) is 22.2 Å². The van der Waals surface area contributed by atoms with Gasteiger partial charge in [0.15, 0.2) is 24.8 Å². The van der Waals surface area contributed by atoms with E-state index in [0.29, 0.717) is 11.1 Å². The summed E-state index contributed by atoms with van der Waals surface area (Å²) in [7, 11) is 0. The zero-order valence-electron chi connectivity index (χ0n) is 13.0. The average Bonchev–Trinajstić information content (AvgIpc) is 2.54. The van der Waals surface area contributed by atoms with Gasteiger partial charge in [-0.15, -0.1) is 0 Å². The van der Waals surface area contributed by atoms with Gasteiger partial charge in [-0.25, -0.2) is 19.6 Å². The second-order valence-electron chi connectivity index (χ2n) is 4.07. The van der Waals surface area contributed by atoms with Crippen LogP contribution in [0.1, 0.15) is 20.7 Å². The number of H-pyrrole nitrogens is 2. The number of carboxylic acids is 2. The molecule has 0 atom stereocenters. The maximum atomic E-state index is 10.2. The van der Waals surface area contributed by atoms with E-state index in [1.165, 1.54) is 24.3 Å². The molecule has 4 N–H and O–H groups in total. The van der Waals surface area contributed by atoms with Crippen molar-refractivity contribution >= 4 is 11.9 Å². The van der Waals surface area contributed by atoms with Gasteiger partial charge < -0.3 is 10.2 Å². The van der Waals surface area contributed by atoms with E-state index < -0.39 is 39.2 Å². The SMILES string of the molecule is O=C(O)c1cc[nH+]cc1.O=C(O)c1cc[nH+]cc1.[O]=[Cr](=[O])([O-])[O][Cr](=[O])(=[O])[O-]. The van der Waals surface area contributed by atoms with Gasteiger partial charge in [0.25, 0.3) is 0 Å². The summed E-state index contributed by atoms with van der Waals surface area (Å²) in [5.74, 6) is -1.80. The van der Waals surface area contributed by atoms with Crippen molar-refractivity contribution in [3.05, 3.63) is 60.2 Å². The quantitative estimate of drug-likeness (QED) is 0.479. The predicted octanol–water partition coefficient (Wildman–Crippen LogP) is -2.53. The van der Waals surface area contributed by atoms with E-state index in [4.69, 9.17) is 10.2 Å². The Bertz CT molecular complexity index is 866. The third-order valence-electron chi connectivity index (χ3n) is 2.10. The molecule has 2 aromatic heterocycles. The van der Waals surface area contributed by atoms with E-state index in [-0.39, 0.29) is 0 Å². The van der Waals surface area contributed by atoms with Crippen LogP contribution in [0.2, 0.25) is 0 Å². The van der Waals surface area contributed by atoms with Gasteiger partial charge in [0.1, 0.15) is 0 Å². The number of hydrogen-bond donors (Lipinski definition) is 2. The first-order valence-corrected chi connectivity index (χ1v) is 10.5. The molecule has 0 aliphatic heterocycles. The molecule has 13 nitrogen and oxygen atoms in total. The Morgan fingerprint density at radius 1 is 0.741 bits per heavy atom. The fourth-order valence-corrected chi connectivity index (χ4v) is 2.79. The maximum absolute atomic E-state index is 10.2. The zero-order valence-corrected chi connectivity index (χ0v) is 15.6. The summed E-state index contributed by atoms with van der Waals surface area (Å²) in [6, 6.07) is 6.01. The Morgan fingerprint density at radius 2 is 1.00 bits per heavy atom. The van der Waals surface area contributed by atoms with Gasteiger partial charge in [-0.1, -0.05) is 0 Å². The fraction of sp³-hybridized carbons (Fsp3) is 0. The standard InChI is InChI=1S/2C6H5NO2.2Cr.7O/c2*8-6(9)5-1-3-7-4-2-5;;;;;;;;;/h2*1-4H,(H,8,9);;;;;;;;;/q;;;;;;;;;2*-1/p+2. The van der Waals surface area contributed by atoms with Crippen LogP contribution in [0, 0.1) is 0 Å². The third kappa shape index (κ3) is 14.3. The molecule has 0 aliphatic rings. The van der Waals surface area contributed by atoms with Crippen molar-refractivity contribution in [1.82, 2.24) is 0 Å². The summed E-state index contributed by atoms with van der Waals surface area (Å²) >= 11 is -12.1. The van der Waals surface area contributed by atoms with E-state index in [9.17, 15) is 33.1 Å². The Kier molecular flexibility index (Phi) is 10.1. The van der Waals surface area contributed by atoms with Crippen molar-refractivity contribution in [1.29, 1.82) is 0 Å². The average molecular weight is 464 g/mol. The normalized spacial score (nSPS) is 10.4. The zero-order chi connectivity index (χ0) is 21.1. The van der Waals surface area contributed by atoms with Gasteiger partial charge in [-0.3, -0.25) is 0 Å². The van der Waals surface area contributed by atoms with Crippen molar-refractivity contribution in [2.45, 2.75) is 0 Å². The Hall–Kier alpha value is -2.62. The molecule has 0 amide bonds. The van der Waals surface area contributed by atoms with Crippen LogP contribution in [0.5, 0.6) is 0 Å². The van der Waals surface area contributed by atoms with E-state index in [0.717, 1.165) is 0 Å². The molecule has 2 aromatic rings. The first-order valence-electron chi connectivity index (χ1n) is 6.33. The van der Waals surface area contributed by atoms with E-state index >= 15 is 0 Å². The summed E-state index contributed by atoms with van der Waals surface area (Å²) < 4.78 is 58.9. The molecular formula is C12H12Cr2N2O11. The molecule has 0 radical (unpaired) electrons. The molecule has 27 heavy (non-hydrogen) atoms. The van der Waals surface area contributed by atoms with Crippen LogP contribution < -0.4 is 18.3 Å². The number of rotatable bonds is 4. The van der Waals surface area contributed by atoms with Crippen LogP contribution in [0.15, 0.2) is 49.1 Å². The Balaban J connectivity index is 0.000000376. The molecule has 2 heterocycles. The van der Waals surface area contributed by atoms with Crippen LogP contribution in [0.25, 0.3) is 0 Å². The van der Waals surface area contributed by atoms with Crippen molar-refractivity contribution in [3.63, 3.8) is 0 Å². The number of carboxylic acid groups (broad SMARTS) is 2. The number of carbonyl (C=O) groups is 2. The topological polar surface area (TPSA) is 227 Å². The van der Waals surface area contributed by atoms with Crippen LogP contribution in [0.4, 0.5) is 0 Å². The van der Waals surface area contributed by atoms with Gasteiger partial charge in [0, 0.05) is 24.3 Å². The van der Waals surface area contributed by atoms with Gasteiger partial charge in [0.2, 0.25) is 0 Å². The second-order valence-corrected chi connectivity index (χ2v) is 7.71. The summed E-state index contributed by atoms with van der Waals surface area (Å²) in [6.45, 7) is 0. The van der Waals surface area contributed by atoms with Crippen molar-refractivity contribution in [2.75, 3.05) is 0 Å². The minimum atomic E-state index is -6.07. The third-order valence-corrected chi connectivity index (χ3v) is 4.76. The number of aromatic nitrogens is 2. The molecule has 0 aromatic carbocycles. The second kappa shape index (κ2) is 11.2. The van der Waals surface area contributed by atoms with E-state index in [1.54, 1.807) is 24.8 Å². The van der Waals surface area contributed by atoms with Gasteiger partial charge >= 0.3 is 65.5 Å². The van der Waals surface area contributed by atoms with Crippen LogP contribution in [0.3, 0.4) is 0 Å². The first kappa shape index (κ1) is 24.4. The van der Waals surface area contributed by atoms with Crippen molar-refractivity contribution in [2.24, 2.45) is 0 Å².